The average Bonchev–Trinajstić information content (AvgIpc) is 2.89. The molecule has 1 aromatic heterocycles. The maximum atomic E-state index is 4.81. The summed E-state index contributed by atoms with van der Waals surface area (Å²) in [7, 11) is 2.07. The molecule has 120 valence electrons. The molecular weight excluding hydrogens is 362 g/mol. The van der Waals surface area contributed by atoms with E-state index in [4.69, 9.17) is 5.10 Å². The minimum absolute atomic E-state index is 0.386. The average molecular weight is 381 g/mol. The monoisotopic (exact) mass is 380 g/mol. The Morgan fingerprint density at radius 1 is 1.21 bits per heavy atom. The number of benzene rings is 2. The molecule has 4 heteroatoms. The Kier molecular flexibility index (Phi) is 3.85. The molecule has 1 unspecified atom stereocenters. The van der Waals surface area contributed by atoms with Gasteiger partial charge in [0.25, 0.3) is 0 Å². The lowest BCUT2D eigenvalue weighted by Gasteiger charge is -2.18. The highest BCUT2D eigenvalue weighted by molar-refractivity contribution is 9.10. The van der Waals surface area contributed by atoms with Gasteiger partial charge in [0.15, 0.2) is 6.20 Å². The molecule has 0 fully saturated rings. The summed E-state index contributed by atoms with van der Waals surface area (Å²) < 4.78 is 3.21. The number of halogens is 1. The number of anilines is 1. The van der Waals surface area contributed by atoms with Crippen molar-refractivity contribution in [2.24, 2.45) is 12.1 Å². The number of rotatable bonds is 2. The van der Waals surface area contributed by atoms with Gasteiger partial charge >= 0.3 is 0 Å². The Morgan fingerprint density at radius 3 is 2.92 bits per heavy atom. The lowest BCUT2D eigenvalue weighted by Crippen LogP contribution is -2.28. The quantitative estimate of drug-likeness (QED) is 0.481. The molecule has 1 aliphatic rings. The second kappa shape index (κ2) is 6.02. The number of aromatic nitrogens is 1. The Hall–Kier alpha value is -2.20. The van der Waals surface area contributed by atoms with Gasteiger partial charge in [-0.15, -0.1) is 0 Å². The Balaban J connectivity index is 1.76. The van der Waals surface area contributed by atoms with E-state index in [9.17, 15) is 0 Å². The number of para-hydroxylation sites is 1. The predicted octanol–water partition coefficient (Wildman–Crippen LogP) is 4.21. The molecule has 0 aliphatic carbocycles. The van der Waals surface area contributed by atoms with Gasteiger partial charge in [-0.25, -0.2) is 4.57 Å². The van der Waals surface area contributed by atoms with Crippen LogP contribution in [0.15, 0.2) is 64.3 Å². The second-order valence-electron chi connectivity index (χ2n) is 6.31. The predicted molar refractivity (Wildman–Crippen MR) is 103 cm³/mol. The van der Waals surface area contributed by atoms with Crippen molar-refractivity contribution in [3.05, 3.63) is 70.3 Å². The first-order chi connectivity index (χ1) is 11.6. The van der Waals surface area contributed by atoms with Gasteiger partial charge in [-0.3, -0.25) is 5.01 Å². The third kappa shape index (κ3) is 2.61. The summed E-state index contributed by atoms with van der Waals surface area (Å²) in [5.41, 5.74) is 4.90. The van der Waals surface area contributed by atoms with Crippen molar-refractivity contribution in [1.82, 2.24) is 0 Å². The van der Waals surface area contributed by atoms with Gasteiger partial charge in [0.05, 0.1) is 23.3 Å². The summed E-state index contributed by atoms with van der Waals surface area (Å²) in [5.74, 6) is 0. The molecular formula is C20H19BrN3+. The molecule has 4 rings (SSSR count). The molecule has 1 aliphatic heterocycles. The van der Waals surface area contributed by atoms with E-state index in [1.165, 1.54) is 22.2 Å². The van der Waals surface area contributed by atoms with Gasteiger partial charge in [-0.2, -0.15) is 5.10 Å². The number of hydrogen-bond acceptors (Lipinski definition) is 2. The van der Waals surface area contributed by atoms with Gasteiger partial charge < -0.3 is 0 Å². The zero-order chi connectivity index (χ0) is 16.7. The summed E-state index contributed by atoms with van der Waals surface area (Å²) in [6.07, 6.45) is 5.11. The molecule has 0 spiro atoms. The second-order valence-corrected chi connectivity index (χ2v) is 7.23. The zero-order valence-electron chi connectivity index (χ0n) is 13.8. The van der Waals surface area contributed by atoms with Crippen molar-refractivity contribution < 1.29 is 4.57 Å². The normalized spacial score (nSPS) is 17.0. The van der Waals surface area contributed by atoms with Crippen LogP contribution in [0.1, 0.15) is 18.1 Å². The highest BCUT2D eigenvalue weighted by Gasteiger charge is 2.24. The van der Waals surface area contributed by atoms with Crippen LogP contribution >= 0.6 is 15.9 Å². The van der Waals surface area contributed by atoms with E-state index in [2.05, 4.69) is 94.2 Å². The minimum atomic E-state index is 0.386. The van der Waals surface area contributed by atoms with Crippen molar-refractivity contribution in [3.8, 4) is 0 Å². The lowest BCUT2D eigenvalue weighted by molar-refractivity contribution is -0.644. The summed E-state index contributed by atoms with van der Waals surface area (Å²) in [6.45, 7) is 2.22. The van der Waals surface area contributed by atoms with Crippen LogP contribution in [-0.2, 0) is 13.5 Å². The summed E-state index contributed by atoms with van der Waals surface area (Å²) in [6, 6.07) is 17.4. The van der Waals surface area contributed by atoms with E-state index in [-0.39, 0.29) is 0 Å². The molecule has 3 nitrogen and oxygen atoms in total. The standard InChI is InChI=1S/C20H19BrN3/c1-14-11-15-5-3-4-6-19(15)24(14)22-13-16-9-10-23(2)20-8-7-17(21)12-18(16)20/h3-10,12-14H,11H2,1-2H3/q+1. The SMILES string of the molecule is CC1Cc2ccccc2N1N=Cc1cc[n+](C)c2ccc(Br)cc12. The van der Waals surface area contributed by atoms with E-state index in [0.717, 1.165) is 16.5 Å². The molecule has 0 bridgehead atoms. The van der Waals surface area contributed by atoms with Gasteiger partial charge in [0.1, 0.15) is 7.05 Å². The number of hydrazone groups is 1. The Morgan fingerprint density at radius 2 is 2.04 bits per heavy atom. The third-order valence-electron chi connectivity index (χ3n) is 4.62. The summed E-state index contributed by atoms with van der Waals surface area (Å²) in [4.78, 5) is 0. The van der Waals surface area contributed by atoms with E-state index >= 15 is 0 Å². The van der Waals surface area contributed by atoms with Crippen LogP contribution in [0.25, 0.3) is 10.9 Å². The van der Waals surface area contributed by atoms with E-state index < -0.39 is 0 Å². The van der Waals surface area contributed by atoms with Crippen LogP contribution in [0, 0.1) is 0 Å². The topological polar surface area (TPSA) is 19.5 Å². The lowest BCUT2D eigenvalue weighted by atomic mass is 10.1. The van der Waals surface area contributed by atoms with Crippen molar-refractivity contribution in [2.45, 2.75) is 19.4 Å². The van der Waals surface area contributed by atoms with E-state index in [0.29, 0.717) is 6.04 Å². The molecule has 0 saturated heterocycles. The first kappa shape index (κ1) is 15.3. The van der Waals surface area contributed by atoms with Crippen LogP contribution in [0.5, 0.6) is 0 Å². The number of fused-ring (bicyclic) bond motifs is 2. The molecule has 24 heavy (non-hydrogen) atoms. The number of hydrogen-bond donors (Lipinski definition) is 0. The Bertz CT molecular complexity index is 949. The first-order valence-corrected chi connectivity index (χ1v) is 8.92. The van der Waals surface area contributed by atoms with Crippen molar-refractivity contribution in [2.75, 3.05) is 5.01 Å². The fourth-order valence-corrected chi connectivity index (χ4v) is 3.73. The maximum Gasteiger partial charge on any atom is 0.212 e. The van der Waals surface area contributed by atoms with Crippen LogP contribution in [0.2, 0.25) is 0 Å². The molecule has 0 saturated carbocycles. The van der Waals surface area contributed by atoms with Crippen LogP contribution < -0.4 is 9.58 Å². The van der Waals surface area contributed by atoms with Crippen LogP contribution in [0.4, 0.5) is 5.69 Å². The largest absolute Gasteiger partial charge is 0.262 e. The van der Waals surface area contributed by atoms with E-state index in [1.807, 2.05) is 6.21 Å². The number of aryl methyl sites for hydroxylation is 1. The van der Waals surface area contributed by atoms with Crippen LogP contribution in [0.3, 0.4) is 0 Å². The molecule has 2 aromatic carbocycles. The third-order valence-corrected chi connectivity index (χ3v) is 5.11. The van der Waals surface area contributed by atoms with Gasteiger partial charge in [-0.1, -0.05) is 34.1 Å². The maximum absolute atomic E-state index is 4.81. The van der Waals surface area contributed by atoms with Crippen molar-refractivity contribution >= 4 is 38.7 Å². The molecule has 3 aromatic rings. The smallest absolute Gasteiger partial charge is 0.212 e. The minimum Gasteiger partial charge on any atom is -0.262 e. The number of nitrogens with zero attached hydrogens (tertiary/aromatic N) is 3. The fraction of sp³-hybridized carbons (Fsp3) is 0.200. The molecule has 0 radical (unpaired) electrons. The summed E-state index contributed by atoms with van der Waals surface area (Å²) in [5, 5.41) is 8.13. The highest BCUT2D eigenvalue weighted by Crippen LogP contribution is 2.32. The number of pyridine rings is 1. The van der Waals surface area contributed by atoms with Gasteiger partial charge in [0.2, 0.25) is 5.52 Å². The van der Waals surface area contributed by atoms with Gasteiger partial charge in [0, 0.05) is 22.2 Å². The van der Waals surface area contributed by atoms with Crippen molar-refractivity contribution in [1.29, 1.82) is 0 Å². The Labute approximate surface area is 150 Å². The summed E-state index contributed by atoms with van der Waals surface area (Å²) >= 11 is 3.58. The van der Waals surface area contributed by atoms with Gasteiger partial charge in [-0.05, 0) is 37.1 Å². The van der Waals surface area contributed by atoms with E-state index in [1.54, 1.807) is 0 Å². The molecule has 2 heterocycles. The molecule has 0 amide bonds. The van der Waals surface area contributed by atoms with Crippen LogP contribution in [-0.4, -0.2) is 12.3 Å². The molecule has 1 atom stereocenters. The highest BCUT2D eigenvalue weighted by atomic mass is 79.9. The van der Waals surface area contributed by atoms with Crippen molar-refractivity contribution in [3.63, 3.8) is 0 Å². The fourth-order valence-electron chi connectivity index (χ4n) is 3.37. The molecule has 0 N–H and O–H groups in total. The first-order valence-electron chi connectivity index (χ1n) is 8.12. The zero-order valence-corrected chi connectivity index (χ0v) is 15.4.